The van der Waals surface area contributed by atoms with Crippen LogP contribution in [0.3, 0.4) is 0 Å². The molecule has 1 N–H and O–H groups in total. The molecule has 1 aliphatic rings. The molecule has 70 valence electrons. The summed E-state index contributed by atoms with van der Waals surface area (Å²) >= 11 is 6.12. The van der Waals surface area contributed by atoms with Gasteiger partial charge in [-0.1, -0.05) is 24.6 Å². The highest BCUT2D eigenvalue weighted by molar-refractivity contribution is 6.31. The third-order valence-corrected chi connectivity index (χ3v) is 3.00. The lowest BCUT2D eigenvalue weighted by Crippen LogP contribution is -2.08. The van der Waals surface area contributed by atoms with Crippen LogP contribution in [0.25, 0.3) is 0 Å². The Labute approximate surface area is 84.1 Å². The lowest BCUT2D eigenvalue weighted by molar-refractivity contribution is 0.571. The Bertz CT molecular complexity index is 309. The molecule has 1 unspecified atom stereocenters. The fraction of sp³-hybridized carbons (Fsp3) is 0.455. The van der Waals surface area contributed by atoms with E-state index in [-0.39, 0.29) is 0 Å². The number of halogens is 1. The molecule has 1 aliphatic heterocycles. The van der Waals surface area contributed by atoms with Gasteiger partial charge in [0.25, 0.3) is 0 Å². The van der Waals surface area contributed by atoms with E-state index in [0.717, 1.165) is 23.9 Å². The first-order valence-corrected chi connectivity index (χ1v) is 5.16. The van der Waals surface area contributed by atoms with Crippen LogP contribution >= 0.6 is 11.6 Å². The molecular formula is C11H14ClN. The average molecular weight is 196 g/mol. The molecule has 2 heteroatoms. The van der Waals surface area contributed by atoms with E-state index in [1.165, 1.54) is 17.7 Å². The number of rotatable bonds is 0. The second-order valence-electron chi connectivity index (χ2n) is 3.79. The van der Waals surface area contributed by atoms with E-state index in [9.17, 15) is 0 Å². The van der Waals surface area contributed by atoms with Crippen molar-refractivity contribution in [1.29, 1.82) is 0 Å². The minimum Gasteiger partial charge on any atom is -0.385 e. The molecule has 0 aliphatic carbocycles. The summed E-state index contributed by atoms with van der Waals surface area (Å²) in [5.74, 6) is 0.739. The minimum absolute atomic E-state index is 0.739. The van der Waals surface area contributed by atoms with Gasteiger partial charge in [-0.3, -0.25) is 0 Å². The number of hydrogen-bond acceptors (Lipinski definition) is 1. The molecule has 0 saturated carbocycles. The fourth-order valence-corrected chi connectivity index (χ4v) is 2.02. The lowest BCUT2D eigenvalue weighted by Gasteiger charge is -2.08. The van der Waals surface area contributed by atoms with Crippen molar-refractivity contribution in [3.05, 3.63) is 28.8 Å². The average Bonchev–Trinajstić information content (AvgIpc) is 2.30. The first-order chi connectivity index (χ1) is 6.27. The summed E-state index contributed by atoms with van der Waals surface area (Å²) < 4.78 is 0. The molecule has 0 aromatic heterocycles. The van der Waals surface area contributed by atoms with Gasteiger partial charge in [-0.25, -0.2) is 0 Å². The molecule has 0 radical (unpaired) electrons. The van der Waals surface area contributed by atoms with Crippen LogP contribution < -0.4 is 5.32 Å². The normalized spacial score (nSPS) is 21.5. The van der Waals surface area contributed by atoms with E-state index in [1.54, 1.807) is 0 Å². The Morgan fingerprint density at radius 2 is 2.31 bits per heavy atom. The van der Waals surface area contributed by atoms with E-state index >= 15 is 0 Å². The zero-order valence-electron chi connectivity index (χ0n) is 7.81. The molecule has 0 bridgehead atoms. The van der Waals surface area contributed by atoms with Gasteiger partial charge in [0, 0.05) is 17.3 Å². The summed E-state index contributed by atoms with van der Waals surface area (Å²) in [5, 5.41) is 4.33. The van der Waals surface area contributed by atoms with E-state index in [1.807, 2.05) is 12.1 Å². The van der Waals surface area contributed by atoms with Gasteiger partial charge in [0.15, 0.2) is 0 Å². The van der Waals surface area contributed by atoms with Gasteiger partial charge in [0.1, 0.15) is 0 Å². The summed E-state index contributed by atoms with van der Waals surface area (Å²) in [6, 6.07) is 6.08. The summed E-state index contributed by atoms with van der Waals surface area (Å²) in [6.45, 7) is 3.33. The SMILES string of the molecule is CC1CCc2c(Cl)cccc2NC1. The van der Waals surface area contributed by atoms with Crippen LogP contribution in [-0.4, -0.2) is 6.54 Å². The predicted molar refractivity (Wildman–Crippen MR) is 57.4 cm³/mol. The van der Waals surface area contributed by atoms with Crippen LogP contribution in [-0.2, 0) is 6.42 Å². The van der Waals surface area contributed by atoms with Gasteiger partial charge in [-0.2, -0.15) is 0 Å². The highest BCUT2D eigenvalue weighted by atomic mass is 35.5. The molecule has 13 heavy (non-hydrogen) atoms. The molecule has 0 amide bonds. The van der Waals surface area contributed by atoms with Crippen molar-refractivity contribution in [3.8, 4) is 0 Å². The lowest BCUT2D eigenvalue weighted by atomic mass is 10.0. The van der Waals surface area contributed by atoms with Gasteiger partial charge >= 0.3 is 0 Å². The standard InChI is InChI=1S/C11H14ClN/c1-8-5-6-9-10(12)3-2-4-11(9)13-7-8/h2-4,8,13H,5-7H2,1H3. The molecular weight excluding hydrogens is 182 g/mol. The summed E-state index contributed by atoms with van der Waals surface area (Å²) in [4.78, 5) is 0. The van der Waals surface area contributed by atoms with Crippen molar-refractivity contribution in [2.45, 2.75) is 19.8 Å². The second-order valence-corrected chi connectivity index (χ2v) is 4.20. The molecule has 1 nitrogen and oxygen atoms in total. The summed E-state index contributed by atoms with van der Waals surface area (Å²) in [5.41, 5.74) is 2.50. The highest BCUT2D eigenvalue weighted by Gasteiger charge is 2.13. The monoisotopic (exact) mass is 195 g/mol. The van der Waals surface area contributed by atoms with Crippen molar-refractivity contribution in [2.75, 3.05) is 11.9 Å². The van der Waals surface area contributed by atoms with Crippen LogP contribution in [0.4, 0.5) is 5.69 Å². The largest absolute Gasteiger partial charge is 0.385 e. The Morgan fingerprint density at radius 3 is 3.15 bits per heavy atom. The van der Waals surface area contributed by atoms with E-state index < -0.39 is 0 Å². The molecule has 0 fully saturated rings. The summed E-state index contributed by atoms with van der Waals surface area (Å²) in [7, 11) is 0. The van der Waals surface area contributed by atoms with Gasteiger partial charge in [-0.05, 0) is 36.5 Å². The van der Waals surface area contributed by atoms with Crippen molar-refractivity contribution >= 4 is 17.3 Å². The highest BCUT2D eigenvalue weighted by Crippen LogP contribution is 2.29. The van der Waals surface area contributed by atoms with E-state index in [4.69, 9.17) is 11.6 Å². The number of hydrogen-bond donors (Lipinski definition) is 1. The van der Waals surface area contributed by atoms with Crippen molar-refractivity contribution in [3.63, 3.8) is 0 Å². The molecule has 1 aromatic carbocycles. The van der Waals surface area contributed by atoms with Gasteiger partial charge in [-0.15, -0.1) is 0 Å². The fourth-order valence-electron chi connectivity index (χ4n) is 1.76. The molecule has 1 heterocycles. The number of benzene rings is 1. The Balaban J connectivity index is 2.35. The number of anilines is 1. The van der Waals surface area contributed by atoms with Crippen molar-refractivity contribution in [1.82, 2.24) is 0 Å². The topological polar surface area (TPSA) is 12.0 Å². The molecule has 1 atom stereocenters. The quantitative estimate of drug-likeness (QED) is 0.670. The predicted octanol–water partition coefficient (Wildman–Crippen LogP) is 3.33. The number of nitrogens with one attached hydrogen (secondary N) is 1. The van der Waals surface area contributed by atoms with Crippen LogP contribution in [0, 0.1) is 5.92 Å². The first-order valence-electron chi connectivity index (χ1n) is 4.78. The Morgan fingerprint density at radius 1 is 1.46 bits per heavy atom. The number of fused-ring (bicyclic) bond motifs is 1. The van der Waals surface area contributed by atoms with Crippen LogP contribution in [0.2, 0.25) is 5.02 Å². The zero-order chi connectivity index (χ0) is 9.26. The third kappa shape index (κ3) is 1.80. The molecule has 1 aromatic rings. The Kier molecular flexibility index (Phi) is 2.45. The zero-order valence-corrected chi connectivity index (χ0v) is 8.56. The minimum atomic E-state index is 0.739. The van der Waals surface area contributed by atoms with Crippen LogP contribution in [0.5, 0.6) is 0 Å². The maximum Gasteiger partial charge on any atom is 0.0458 e. The van der Waals surface area contributed by atoms with Gasteiger partial charge in [0.05, 0.1) is 0 Å². The van der Waals surface area contributed by atoms with Crippen LogP contribution in [0.1, 0.15) is 18.9 Å². The van der Waals surface area contributed by atoms with E-state index in [0.29, 0.717) is 0 Å². The molecule has 0 spiro atoms. The van der Waals surface area contributed by atoms with Crippen LogP contribution in [0.15, 0.2) is 18.2 Å². The summed E-state index contributed by atoms with van der Waals surface area (Å²) in [6.07, 6.45) is 2.33. The second kappa shape index (κ2) is 3.59. The third-order valence-electron chi connectivity index (χ3n) is 2.65. The smallest absolute Gasteiger partial charge is 0.0458 e. The Hall–Kier alpha value is -0.690. The maximum absolute atomic E-state index is 6.12. The van der Waals surface area contributed by atoms with Crippen molar-refractivity contribution in [2.24, 2.45) is 5.92 Å². The van der Waals surface area contributed by atoms with Gasteiger partial charge < -0.3 is 5.32 Å². The maximum atomic E-state index is 6.12. The molecule has 0 saturated heterocycles. The van der Waals surface area contributed by atoms with E-state index in [2.05, 4.69) is 18.3 Å². The molecule has 2 rings (SSSR count). The van der Waals surface area contributed by atoms with Gasteiger partial charge in [0.2, 0.25) is 0 Å². The van der Waals surface area contributed by atoms with Crippen molar-refractivity contribution < 1.29 is 0 Å². The first kappa shape index (κ1) is 8.89.